The number of halogens is 1. The van der Waals surface area contributed by atoms with E-state index in [-0.39, 0.29) is 11.7 Å². The molecule has 7 heteroatoms. The van der Waals surface area contributed by atoms with Gasteiger partial charge in [0.2, 0.25) is 0 Å². The van der Waals surface area contributed by atoms with Crippen molar-refractivity contribution in [2.45, 2.75) is 38.3 Å². The molecule has 122 valence electrons. The van der Waals surface area contributed by atoms with Gasteiger partial charge in [-0.15, -0.1) is 0 Å². The SMILES string of the molecule is CCc1nn(C)c(Cl)c1CN1CCC[C@@]2(C1)CN(C)C(=O)O2. The van der Waals surface area contributed by atoms with Gasteiger partial charge in [0, 0.05) is 32.7 Å². The summed E-state index contributed by atoms with van der Waals surface area (Å²) in [4.78, 5) is 15.7. The van der Waals surface area contributed by atoms with Gasteiger partial charge in [0.25, 0.3) is 0 Å². The van der Waals surface area contributed by atoms with Crippen molar-refractivity contribution in [1.29, 1.82) is 0 Å². The summed E-state index contributed by atoms with van der Waals surface area (Å²) >= 11 is 6.39. The lowest BCUT2D eigenvalue weighted by Crippen LogP contribution is -2.50. The zero-order chi connectivity index (χ0) is 15.9. The summed E-state index contributed by atoms with van der Waals surface area (Å²) in [5, 5.41) is 5.18. The van der Waals surface area contributed by atoms with Crippen LogP contribution in [0.2, 0.25) is 5.15 Å². The van der Waals surface area contributed by atoms with Crippen LogP contribution in [0.1, 0.15) is 31.0 Å². The Balaban J connectivity index is 1.75. The fourth-order valence-corrected chi connectivity index (χ4v) is 3.80. The van der Waals surface area contributed by atoms with Gasteiger partial charge < -0.3 is 9.64 Å². The maximum atomic E-state index is 11.7. The number of piperidine rings is 1. The highest BCUT2D eigenvalue weighted by Gasteiger charge is 2.46. The summed E-state index contributed by atoms with van der Waals surface area (Å²) in [5.74, 6) is 0. The van der Waals surface area contributed by atoms with Crippen molar-refractivity contribution < 1.29 is 9.53 Å². The molecule has 0 aliphatic carbocycles. The summed E-state index contributed by atoms with van der Waals surface area (Å²) in [6.45, 7) is 5.28. The van der Waals surface area contributed by atoms with Crippen LogP contribution < -0.4 is 0 Å². The Morgan fingerprint density at radius 3 is 2.77 bits per heavy atom. The molecule has 1 amide bonds. The minimum absolute atomic E-state index is 0.212. The topological polar surface area (TPSA) is 50.6 Å². The van der Waals surface area contributed by atoms with E-state index in [0.717, 1.165) is 50.2 Å². The average Bonchev–Trinajstić information content (AvgIpc) is 2.89. The number of hydrogen-bond donors (Lipinski definition) is 0. The molecule has 0 saturated carbocycles. The van der Waals surface area contributed by atoms with E-state index in [1.54, 1.807) is 16.6 Å². The van der Waals surface area contributed by atoms with Crippen LogP contribution >= 0.6 is 11.6 Å². The average molecular weight is 327 g/mol. The lowest BCUT2D eigenvalue weighted by atomic mass is 9.92. The molecule has 0 unspecified atom stereocenters. The summed E-state index contributed by atoms with van der Waals surface area (Å²) in [7, 11) is 3.67. The standard InChI is InChI=1S/C15H23ClN4O2/c1-4-12-11(13(16)19(3)17-12)8-20-7-5-6-15(10-20)9-18(2)14(21)22-15/h4-10H2,1-3H3/t15-/m0/s1. The zero-order valence-corrected chi connectivity index (χ0v) is 14.2. The van der Waals surface area contributed by atoms with Crippen molar-refractivity contribution in [3.8, 4) is 0 Å². The van der Waals surface area contributed by atoms with Gasteiger partial charge in [-0.05, 0) is 25.8 Å². The summed E-state index contributed by atoms with van der Waals surface area (Å²) < 4.78 is 7.39. The Morgan fingerprint density at radius 2 is 2.14 bits per heavy atom. The molecule has 22 heavy (non-hydrogen) atoms. The number of aryl methyl sites for hydroxylation is 2. The van der Waals surface area contributed by atoms with Crippen LogP contribution in [-0.2, 0) is 24.8 Å². The van der Waals surface area contributed by atoms with Crippen LogP contribution in [0.3, 0.4) is 0 Å². The number of amides is 1. The summed E-state index contributed by atoms with van der Waals surface area (Å²) in [6.07, 6.45) is 2.61. The summed E-state index contributed by atoms with van der Waals surface area (Å²) in [6, 6.07) is 0. The van der Waals surface area contributed by atoms with E-state index in [2.05, 4.69) is 16.9 Å². The third-order valence-electron chi connectivity index (χ3n) is 4.63. The molecule has 0 radical (unpaired) electrons. The molecule has 1 spiro atoms. The number of likely N-dealkylation sites (N-methyl/N-ethyl adjacent to an activating group) is 1. The Bertz CT molecular complexity index is 588. The maximum Gasteiger partial charge on any atom is 0.410 e. The van der Waals surface area contributed by atoms with Gasteiger partial charge in [-0.1, -0.05) is 18.5 Å². The highest BCUT2D eigenvalue weighted by Crippen LogP contribution is 2.33. The molecule has 1 aromatic rings. The normalized spacial score (nSPS) is 26.0. The van der Waals surface area contributed by atoms with Crippen molar-refractivity contribution in [1.82, 2.24) is 19.6 Å². The first kappa shape index (κ1) is 15.6. The quantitative estimate of drug-likeness (QED) is 0.853. The molecule has 1 aromatic heterocycles. The molecule has 1 atom stereocenters. The fraction of sp³-hybridized carbons (Fsp3) is 0.733. The molecule has 0 aromatic carbocycles. The molecule has 6 nitrogen and oxygen atoms in total. The van der Waals surface area contributed by atoms with Crippen LogP contribution in [-0.4, -0.2) is 58.0 Å². The Hall–Kier alpha value is -1.27. The van der Waals surface area contributed by atoms with Crippen LogP contribution in [0.15, 0.2) is 0 Å². The summed E-state index contributed by atoms with van der Waals surface area (Å²) in [5.41, 5.74) is 1.79. The van der Waals surface area contributed by atoms with Gasteiger partial charge in [0.15, 0.2) is 0 Å². The van der Waals surface area contributed by atoms with Crippen molar-refractivity contribution >= 4 is 17.7 Å². The molecule has 0 bridgehead atoms. The first-order chi connectivity index (χ1) is 10.4. The zero-order valence-electron chi connectivity index (χ0n) is 13.4. The molecular formula is C15H23ClN4O2. The van der Waals surface area contributed by atoms with Crippen LogP contribution in [0.4, 0.5) is 4.79 Å². The Labute approximate surface area is 136 Å². The second-order valence-electron chi connectivity index (χ2n) is 6.41. The van der Waals surface area contributed by atoms with Gasteiger partial charge in [-0.2, -0.15) is 5.10 Å². The number of carbonyl (C=O) groups excluding carboxylic acids is 1. The van der Waals surface area contributed by atoms with E-state index >= 15 is 0 Å². The largest absolute Gasteiger partial charge is 0.440 e. The lowest BCUT2D eigenvalue weighted by Gasteiger charge is -2.38. The second kappa shape index (κ2) is 5.74. The third kappa shape index (κ3) is 2.70. The molecule has 0 N–H and O–H groups in total. The predicted octanol–water partition coefficient (Wildman–Crippen LogP) is 2.05. The Morgan fingerprint density at radius 1 is 1.36 bits per heavy atom. The number of aromatic nitrogens is 2. The van der Waals surface area contributed by atoms with Crippen molar-refractivity contribution in [3.05, 3.63) is 16.4 Å². The highest BCUT2D eigenvalue weighted by atomic mass is 35.5. The number of carbonyl (C=O) groups is 1. The van der Waals surface area contributed by atoms with Gasteiger partial charge in [-0.3, -0.25) is 9.58 Å². The van der Waals surface area contributed by atoms with Gasteiger partial charge >= 0.3 is 6.09 Å². The molecule has 3 heterocycles. The minimum Gasteiger partial charge on any atom is -0.440 e. The maximum absolute atomic E-state index is 11.7. The Kier molecular flexibility index (Phi) is 4.07. The molecule has 2 fully saturated rings. The van der Waals surface area contributed by atoms with Crippen LogP contribution in [0, 0.1) is 0 Å². The fourth-order valence-electron chi connectivity index (χ4n) is 3.59. The monoisotopic (exact) mass is 326 g/mol. The third-order valence-corrected chi connectivity index (χ3v) is 5.10. The molecule has 2 aliphatic heterocycles. The van der Waals surface area contributed by atoms with Gasteiger partial charge in [-0.25, -0.2) is 4.79 Å². The van der Waals surface area contributed by atoms with Crippen molar-refractivity contribution in [2.75, 3.05) is 26.7 Å². The van der Waals surface area contributed by atoms with E-state index in [1.165, 1.54) is 0 Å². The van der Waals surface area contributed by atoms with E-state index in [9.17, 15) is 4.79 Å². The number of ether oxygens (including phenoxy) is 1. The number of nitrogens with zero attached hydrogens (tertiary/aromatic N) is 4. The first-order valence-corrected chi connectivity index (χ1v) is 8.18. The minimum atomic E-state index is -0.356. The van der Waals surface area contributed by atoms with Crippen molar-refractivity contribution in [2.24, 2.45) is 7.05 Å². The van der Waals surface area contributed by atoms with E-state index < -0.39 is 0 Å². The number of likely N-dealkylation sites (tertiary alicyclic amines) is 1. The molecule has 2 aliphatic rings. The predicted molar refractivity (Wildman–Crippen MR) is 83.9 cm³/mol. The number of hydrogen-bond acceptors (Lipinski definition) is 4. The molecule has 2 saturated heterocycles. The van der Waals surface area contributed by atoms with Gasteiger partial charge in [0.1, 0.15) is 10.8 Å². The van der Waals surface area contributed by atoms with E-state index in [1.807, 2.05) is 7.05 Å². The van der Waals surface area contributed by atoms with Crippen LogP contribution in [0.25, 0.3) is 0 Å². The van der Waals surface area contributed by atoms with Crippen LogP contribution in [0.5, 0.6) is 0 Å². The van der Waals surface area contributed by atoms with E-state index in [0.29, 0.717) is 11.7 Å². The van der Waals surface area contributed by atoms with Gasteiger partial charge in [0.05, 0.1) is 12.2 Å². The number of rotatable bonds is 3. The molecular weight excluding hydrogens is 304 g/mol. The smallest absolute Gasteiger partial charge is 0.410 e. The second-order valence-corrected chi connectivity index (χ2v) is 6.77. The lowest BCUT2D eigenvalue weighted by molar-refractivity contribution is -0.0114. The van der Waals surface area contributed by atoms with E-state index in [4.69, 9.17) is 16.3 Å². The highest BCUT2D eigenvalue weighted by molar-refractivity contribution is 6.30. The first-order valence-electron chi connectivity index (χ1n) is 7.81. The van der Waals surface area contributed by atoms with Crippen molar-refractivity contribution in [3.63, 3.8) is 0 Å². The molecule has 3 rings (SSSR count).